The quantitative estimate of drug-likeness (QED) is 0.475. The van der Waals surface area contributed by atoms with Crippen LogP contribution < -0.4 is 19.5 Å². The smallest absolute Gasteiger partial charge is 0.495 e. The molecule has 1 aromatic carbocycles. The van der Waals surface area contributed by atoms with Gasteiger partial charge in [-0.15, -0.1) is 0 Å². The molecule has 0 fully saturated rings. The number of ether oxygens (including phenoxy) is 5. The fourth-order valence-electron chi connectivity index (χ4n) is 2.72. The number of aromatic nitrogens is 1. The van der Waals surface area contributed by atoms with Crippen LogP contribution in [0.2, 0.25) is 0 Å². The first kappa shape index (κ1) is 25.7. The first-order valence-electron chi connectivity index (χ1n) is 9.94. The third-order valence-corrected chi connectivity index (χ3v) is 5.89. The lowest BCUT2D eigenvalue weighted by molar-refractivity contribution is 0.0635. The van der Waals surface area contributed by atoms with Crippen molar-refractivity contribution >= 4 is 27.6 Å². The summed E-state index contributed by atoms with van der Waals surface area (Å²) in [5, 5.41) is 2.66. The molecular formula is C21H26N2O9S. The summed E-state index contributed by atoms with van der Waals surface area (Å²) in [5.41, 5.74) is 0.362. The molecule has 0 radical (unpaired) electrons. The number of methoxy groups -OCH3 is 2. The Morgan fingerprint density at radius 2 is 1.76 bits per heavy atom. The predicted molar refractivity (Wildman–Crippen MR) is 118 cm³/mol. The van der Waals surface area contributed by atoms with Crippen LogP contribution in [0.3, 0.4) is 0 Å². The van der Waals surface area contributed by atoms with E-state index < -0.39 is 34.3 Å². The molecule has 0 spiro atoms. The molecule has 0 aliphatic carbocycles. The number of benzene rings is 1. The van der Waals surface area contributed by atoms with Gasteiger partial charge in [-0.1, -0.05) is 0 Å². The van der Waals surface area contributed by atoms with E-state index in [4.69, 9.17) is 18.9 Å². The van der Waals surface area contributed by atoms with E-state index in [0.717, 1.165) is 0 Å². The van der Waals surface area contributed by atoms with Crippen molar-refractivity contribution in [3.8, 4) is 17.4 Å². The van der Waals surface area contributed by atoms with Crippen LogP contribution in [-0.4, -0.2) is 65.3 Å². The van der Waals surface area contributed by atoms with Crippen LogP contribution in [0, 0.1) is 0 Å². The minimum atomic E-state index is -3.94. The highest BCUT2D eigenvalue weighted by atomic mass is 32.2. The number of carbonyl (C=O) groups excluding carboxylic acids is 2. The topological polar surface area (TPSA) is 139 Å². The third kappa shape index (κ3) is 6.72. The third-order valence-electron chi connectivity index (χ3n) is 4.20. The standard InChI is InChI=1S/C21H26N2O9S/c1-5-30-20-14(8-7-9-22-20)19(24)23-15-12-17(29-4)18(13-16(15)28-3)33(26,27)11-10-32-21(25)31-6-2/h7-9,12-13H,5-6,10-11H2,1-4H3,(H,23,24). The summed E-state index contributed by atoms with van der Waals surface area (Å²) in [5.74, 6) is -0.839. The molecule has 180 valence electrons. The lowest BCUT2D eigenvalue weighted by Gasteiger charge is -2.16. The Labute approximate surface area is 191 Å². The molecule has 0 atom stereocenters. The highest BCUT2D eigenvalue weighted by Crippen LogP contribution is 2.36. The number of sulfone groups is 1. The molecule has 11 nitrogen and oxygen atoms in total. The molecule has 0 bridgehead atoms. The number of amides is 1. The second-order valence-corrected chi connectivity index (χ2v) is 8.37. The number of nitrogens with one attached hydrogen (secondary N) is 1. The molecule has 0 saturated carbocycles. The molecule has 1 aromatic heterocycles. The Hall–Kier alpha value is -3.54. The summed E-state index contributed by atoms with van der Waals surface area (Å²) in [6.07, 6.45) is 0.536. The molecule has 1 heterocycles. The van der Waals surface area contributed by atoms with Crippen LogP contribution in [0.5, 0.6) is 17.4 Å². The zero-order chi connectivity index (χ0) is 24.4. The van der Waals surface area contributed by atoms with Gasteiger partial charge in [0.2, 0.25) is 5.88 Å². The van der Waals surface area contributed by atoms with Crippen molar-refractivity contribution in [3.05, 3.63) is 36.0 Å². The van der Waals surface area contributed by atoms with Crippen LogP contribution in [0.25, 0.3) is 0 Å². The summed E-state index contributed by atoms with van der Waals surface area (Å²) < 4.78 is 50.9. The van der Waals surface area contributed by atoms with Crippen molar-refractivity contribution in [2.75, 3.05) is 45.1 Å². The summed E-state index contributed by atoms with van der Waals surface area (Å²) >= 11 is 0. The van der Waals surface area contributed by atoms with Gasteiger partial charge in [-0.2, -0.15) is 0 Å². The summed E-state index contributed by atoms with van der Waals surface area (Å²) in [6, 6.07) is 5.68. The monoisotopic (exact) mass is 482 g/mol. The van der Waals surface area contributed by atoms with E-state index in [-0.39, 0.29) is 40.1 Å². The molecule has 0 aliphatic rings. The summed E-state index contributed by atoms with van der Waals surface area (Å²) in [4.78, 5) is 27.9. The lowest BCUT2D eigenvalue weighted by Crippen LogP contribution is -2.18. The van der Waals surface area contributed by atoms with Gasteiger partial charge in [-0.25, -0.2) is 18.2 Å². The van der Waals surface area contributed by atoms with Gasteiger partial charge >= 0.3 is 6.16 Å². The van der Waals surface area contributed by atoms with E-state index >= 15 is 0 Å². The Balaban J connectivity index is 2.31. The maximum atomic E-state index is 12.8. The molecule has 2 rings (SSSR count). The Morgan fingerprint density at radius 1 is 1.03 bits per heavy atom. The number of carbonyl (C=O) groups is 2. The maximum Gasteiger partial charge on any atom is 0.508 e. The van der Waals surface area contributed by atoms with Gasteiger partial charge < -0.3 is 29.0 Å². The number of rotatable bonds is 11. The molecule has 0 saturated heterocycles. The molecule has 2 aromatic rings. The zero-order valence-corrected chi connectivity index (χ0v) is 19.6. The van der Waals surface area contributed by atoms with Crippen LogP contribution in [0.1, 0.15) is 24.2 Å². The second-order valence-electron chi connectivity index (χ2n) is 6.30. The number of hydrogen-bond donors (Lipinski definition) is 1. The van der Waals surface area contributed by atoms with Gasteiger partial charge in [0.05, 0.1) is 38.9 Å². The van der Waals surface area contributed by atoms with E-state index in [1.165, 1.54) is 32.5 Å². The van der Waals surface area contributed by atoms with E-state index in [0.29, 0.717) is 6.61 Å². The highest BCUT2D eigenvalue weighted by molar-refractivity contribution is 7.91. The van der Waals surface area contributed by atoms with Crippen molar-refractivity contribution in [2.24, 2.45) is 0 Å². The summed E-state index contributed by atoms with van der Waals surface area (Å²) in [6.45, 7) is 3.38. The second kappa shape index (κ2) is 11.9. The lowest BCUT2D eigenvalue weighted by atomic mass is 10.2. The first-order chi connectivity index (χ1) is 15.8. The van der Waals surface area contributed by atoms with E-state index in [2.05, 4.69) is 15.0 Å². The molecule has 12 heteroatoms. The fourth-order valence-corrected chi connectivity index (χ4v) is 3.98. The van der Waals surface area contributed by atoms with E-state index in [1.54, 1.807) is 26.0 Å². The molecule has 1 amide bonds. The molecule has 33 heavy (non-hydrogen) atoms. The average molecular weight is 483 g/mol. The van der Waals surface area contributed by atoms with Crippen molar-refractivity contribution in [3.63, 3.8) is 0 Å². The predicted octanol–water partition coefficient (Wildman–Crippen LogP) is 2.70. The molecule has 1 N–H and O–H groups in total. The number of anilines is 1. The Morgan fingerprint density at radius 3 is 2.39 bits per heavy atom. The number of hydrogen-bond acceptors (Lipinski definition) is 10. The van der Waals surface area contributed by atoms with E-state index in [9.17, 15) is 18.0 Å². The largest absolute Gasteiger partial charge is 0.508 e. The molecule has 0 unspecified atom stereocenters. The van der Waals surface area contributed by atoms with Gasteiger partial charge in [0, 0.05) is 18.3 Å². The normalized spacial score (nSPS) is 10.8. The average Bonchev–Trinajstić information content (AvgIpc) is 2.79. The van der Waals surface area contributed by atoms with Crippen molar-refractivity contribution in [1.82, 2.24) is 4.98 Å². The van der Waals surface area contributed by atoms with Crippen LogP contribution in [0.15, 0.2) is 35.4 Å². The fraction of sp³-hybridized carbons (Fsp3) is 0.381. The number of nitrogens with zero attached hydrogens (tertiary/aromatic N) is 1. The van der Waals surface area contributed by atoms with Crippen LogP contribution >= 0.6 is 0 Å². The SMILES string of the molecule is CCOC(=O)OCCS(=O)(=O)c1cc(OC)c(NC(=O)c2cccnc2OCC)cc1OC. The van der Waals surface area contributed by atoms with Crippen molar-refractivity contribution in [2.45, 2.75) is 18.7 Å². The van der Waals surface area contributed by atoms with Gasteiger partial charge in [-0.3, -0.25) is 4.79 Å². The van der Waals surface area contributed by atoms with Crippen molar-refractivity contribution in [1.29, 1.82) is 0 Å². The van der Waals surface area contributed by atoms with Gasteiger partial charge in [0.1, 0.15) is 28.6 Å². The number of pyridine rings is 1. The van der Waals surface area contributed by atoms with Crippen molar-refractivity contribution < 1.29 is 41.7 Å². The maximum absolute atomic E-state index is 12.8. The van der Waals surface area contributed by atoms with E-state index in [1.807, 2.05) is 0 Å². The van der Waals surface area contributed by atoms with Gasteiger partial charge in [-0.05, 0) is 26.0 Å². The van der Waals surface area contributed by atoms with Crippen LogP contribution in [0.4, 0.5) is 10.5 Å². The van der Waals surface area contributed by atoms with Gasteiger partial charge in [0.25, 0.3) is 5.91 Å². The Bertz CT molecular complexity index is 1090. The van der Waals surface area contributed by atoms with Gasteiger partial charge in [0.15, 0.2) is 9.84 Å². The zero-order valence-electron chi connectivity index (χ0n) is 18.7. The van der Waals surface area contributed by atoms with Crippen LogP contribution in [-0.2, 0) is 19.3 Å². The first-order valence-corrected chi connectivity index (χ1v) is 11.6. The minimum absolute atomic E-state index is 0.0292. The minimum Gasteiger partial charge on any atom is -0.495 e. The Kier molecular flexibility index (Phi) is 9.28. The molecular weight excluding hydrogens is 456 g/mol. The highest BCUT2D eigenvalue weighted by Gasteiger charge is 2.25. The summed E-state index contributed by atoms with van der Waals surface area (Å²) in [7, 11) is -1.32. The molecule has 0 aliphatic heterocycles.